The molecule has 0 aliphatic heterocycles. The Morgan fingerprint density at radius 3 is 2.59 bits per heavy atom. The van der Waals surface area contributed by atoms with E-state index in [0.29, 0.717) is 11.6 Å². The zero-order valence-corrected chi connectivity index (χ0v) is 16.8. The molecule has 1 atom stereocenters. The predicted octanol–water partition coefficient (Wildman–Crippen LogP) is 5.10. The lowest BCUT2D eigenvalue weighted by molar-refractivity contribution is -0.121. The number of nitrogens with one attached hydrogen (secondary N) is 1. The first kappa shape index (κ1) is 19.4. The summed E-state index contributed by atoms with van der Waals surface area (Å²) in [6.07, 6.45) is 0.249. The van der Waals surface area contributed by atoms with Crippen LogP contribution >= 0.6 is 22.9 Å². The van der Waals surface area contributed by atoms with Crippen LogP contribution in [0.4, 0.5) is 0 Å². The maximum Gasteiger partial charge on any atom is 0.226 e. The number of thiazole rings is 1. The molecule has 0 radical (unpaired) electrons. The molecular formula is C21H21ClN2O2S. The van der Waals surface area contributed by atoms with Crippen molar-refractivity contribution < 1.29 is 9.53 Å². The van der Waals surface area contributed by atoms with Crippen LogP contribution < -0.4 is 10.1 Å². The molecule has 6 heteroatoms. The second-order valence-electron chi connectivity index (χ2n) is 6.35. The van der Waals surface area contributed by atoms with Crippen LogP contribution in [0, 0.1) is 6.92 Å². The van der Waals surface area contributed by atoms with Gasteiger partial charge in [-0.3, -0.25) is 4.79 Å². The molecule has 4 nitrogen and oxygen atoms in total. The fourth-order valence-electron chi connectivity index (χ4n) is 2.57. The van der Waals surface area contributed by atoms with Crippen molar-refractivity contribution in [3.63, 3.8) is 0 Å². The number of benzene rings is 2. The second-order valence-corrected chi connectivity index (χ2v) is 7.73. The molecule has 0 saturated carbocycles. The van der Waals surface area contributed by atoms with Gasteiger partial charge in [0.2, 0.25) is 5.91 Å². The van der Waals surface area contributed by atoms with Gasteiger partial charge in [0.25, 0.3) is 0 Å². The summed E-state index contributed by atoms with van der Waals surface area (Å²) in [5.41, 5.74) is 2.96. The molecular weight excluding hydrogens is 380 g/mol. The van der Waals surface area contributed by atoms with Gasteiger partial charge in [-0.15, -0.1) is 11.3 Å². The molecule has 1 aromatic heterocycles. The highest BCUT2D eigenvalue weighted by molar-refractivity contribution is 7.09. The number of nitrogens with zero attached hydrogens (tertiary/aromatic N) is 1. The largest absolute Gasteiger partial charge is 0.486 e. The number of aryl methyl sites for hydroxylation is 1. The monoisotopic (exact) mass is 400 g/mol. The van der Waals surface area contributed by atoms with E-state index in [2.05, 4.69) is 10.3 Å². The Kier molecular flexibility index (Phi) is 6.48. The highest BCUT2D eigenvalue weighted by Gasteiger charge is 2.12. The van der Waals surface area contributed by atoms with Gasteiger partial charge in [0.15, 0.2) is 0 Å². The fraction of sp³-hybridized carbons (Fsp3) is 0.238. The number of ether oxygens (including phenoxy) is 1. The normalized spacial score (nSPS) is 11.8. The number of hydrogen-bond donors (Lipinski definition) is 1. The van der Waals surface area contributed by atoms with E-state index in [1.165, 1.54) is 16.9 Å². The summed E-state index contributed by atoms with van der Waals surface area (Å²) in [7, 11) is 0. The minimum atomic E-state index is -0.0854. The summed E-state index contributed by atoms with van der Waals surface area (Å²) in [6, 6.07) is 15.3. The third-order valence-corrected chi connectivity index (χ3v) is 5.19. The van der Waals surface area contributed by atoms with Gasteiger partial charge in [0, 0.05) is 10.4 Å². The number of rotatable bonds is 7. The van der Waals surface area contributed by atoms with Crippen molar-refractivity contribution in [3.05, 3.63) is 80.8 Å². The summed E-state index contributed by atoms with van der Waals surface area (Å²) in [4.78, 5) is 16.8. The van der Waals surface area contributed by atoms with Crippen LogP contribution in [0.15, 0.2) is 53.9 Å². The summed E-state index contributed by atoms with van der Waals surface area (Å²) in [5, 5.41) is 6.42. The van der Waals surface area contributed by atoms with Gasteiger partial charge in [-0.25, -0.2) is 4.98 Å². The molecule has 3 aromatic rings. The standard InChI is InChI=1S/C21H21ClN2O2S/c1-14-3-9-19(10-4-14)26-12-21-24-18(13-27-21)11-20(25)23-15(2)16-5-7-17(22)8-6-16/h3-10,13,15H,11-12H2,1-2H3,(H,23,25). The van der Waals surface area contributed by atoms with Crippen LogP contribution in [-0.2, 0) is 17.8 Å². The van der Waals surface area contributed by atoms with Gasteiger partial charge in [-0.2, -0.15) is 0 Å². The first-order chi connectivity index (χ1) is 13.0. The Hall–Kier alpha value is -2.37. The van der Waals surface area contributed by atoms with E-state index in [1.54, 1.807) is 0 Å². The maximum absolute atomic E-state index is 12.3. The van der Waals surface area contributed by atoms with Crippen molar-refractivity contribution in [2.24, 2.45) is 0 Å². The predicted molar refractivity (Wildman–Crippen MR) is 109 cm³/mol. The van der Waals surface area contributed by atoms with Gasteiger partial charge in [-0.1, -0.05) is 41.4 Å². The van der Waals surface area contributed by atoms with E-state index < -0.39 is 0 Å². The summed E-state index contributed by atoms with van der Waals surface area (Å²) in [5.74, 6) is 0.751. The van der Waals surface area contributed by atoms with Crippen molar-refractivity contribution >= 4 is 28.8 Å². The van der Waals surface area contributed by atoms with Crippen LogP contribution in [0.2, 0.25) is 5.02 Å². The lowest BCUT2D eigenvalue weighted by atomic mass is 10.1. The topological polar surface area (TPSA) is 51.2 Å². The molecule has 0 bridgehead atoms. The zero-order chi connectivity index (χ0) is 19.2. The minimum absolute atomic E-state index is 0.0613. The van der Waals surface area contributed by atoms with Gasteiger partial charge in [-0.05, 0) is 43.7 Å². The molecule has 1 amide bonds. The molecule has 27 heavy (non-hydrogen) atoms. The smallest absolute Gasteiger partial charge is 0.226 e. The van der Waals surface area contributed by atoms with Gasteiger partial charge in [0.05, 0.1) is 18.2 Å². The third kappa shape index (κ3) is 5.81. The number of halogens is 1. The first-order valence-electron chi connectivity index (χ1n) is 8.67. The Balaban J connectivity index is 1.50. The average molecular weight is 401 g/mol. The van der Waals surface area contributed by atoms with E-state index in [9.17, 15) is 4.79 Å². The molecule has 140 valence electrons. The van der Waals surface area contributed by atoms with Crippen molar-refractivity contribution in [3.8, 4) is 5.75 Å². The third-order valence-electron chi connectivity index (χ3n) is 4.07. The summed E-state index contributed by atoms with van der Waals surface area (Å²) < 4.78 is 5.73. The second kappa shape index (κ2) is 9.02. The number of carbonyl (C=O) groups is 1. The highest BCUT2D eigenvalue weighted by atomic mass is 35.5. The number of carbonyl (C=O) groups excluding carboxylic acids is 1. The van der Waals surface area contributed by atoms with Gasteiger partial charge in [0.1, 0.15) is 17.4 Å². The minimum Gasteiger partial charge on any atom is -0.486 e. The Labute approximate surface area is 168 Å². The molecule has 0 aliphatic rings. The fourth-order valence-corrected chi connectivity index (χ4v) is 3.40. The van der Waals surface area contributed by atoms with Gasteiger partial charge < -0.3 is 10.1 Å². The van der Waals surface area contributed by atoms with Crippen LogP contribution in [-0.4, -0.2) is 10.9 Å². The number of hydrogen-bond acceptors (Lipinski definition) is 4. The van der Waals surface area contributed by atoms with Crippen LogP contribution in [0.25, 0.3) is 0 Å². The van der Waals surface area contributed by atoms with E-state index in [-0.39, 0.29) is 18.4 Å². The molecule has 0 fully saturated rings. The molecule has 0 aliphatic carbocycles. The van der Waals surface area contributed by atoms with Crippen LogP contribution in [0.5, 0.6) is 5.75 Å². The molecule has 0 saturated heterocycles. The molecule has 1 unspecified atom stereocenters. The summed E-state index contributed by atoms with van der Waals surface area (Å²) >= 11 is 7.40. The molecule has 2 aromatic carbocycles. The van der Waals surface area contributed by atoms with E-state index in [0.717, 1.165) is 22.0 Å². The molecule has 3 rings (SSSR count). The highest BCUT2D eigenvalue weighted by Crippen LogP contribution is 2.18. The van der Waals surface area contributed by atoms with E-state index in [4.69, 9.17) is 16.3 Å². The van der Waals surface area contributed by atoms with Crippen LogP contribution in [0.3, 0.4) is 0 Å². The SMILES string of the molecule is Cc1ccc(OCc2nc(CC(=O)NC(C)c3ccc(Cl)cc3)cs2)cc1. The van der Waals surface area contributed by atoms with Crippen molar-refractivity contribution in [2.75, 3.05) is 0 Å². The molecule has 0 spiro atoms. The Bertz CT molecular complexity index is 891. The molecule has 1 N–H and O–H groups in total. The first-order valence-corrected chi connectivity index (χ1v) is 9.93. The Morgan fingerprint density at radius 2 is 1.89 bits per heavy atom. The zero-order valence-electron chi connectivity index (χ0n) is 15.2. The van der Waals surface area contributed by atoms with E-state index >= 15 is 0 Å². The Morgan fingerprint density at radius 1 is 1.19 bits per heavy atom. The number of aromatic nitrogens is 1. The van der Waals surface area contributed by atoms with E-state index in [1.807, 2.05) is 67.8 Å². The van der Waals surface area contributed by atoms with Crippen molar-refractivity contribution in [1.82, 2.24) is 10.3 Å². The van der Waals surface area contributed by atoms with Crippen molar-refractivity contribution in [2.45, 2.75) is 32.9 Å². The lowest BCUT2D eigenvalue weighted by Gasteiger charge is -2.14. The van der Waals surface area contributed by atoms with Crippen LogP contribution in [0.1, 0.15) is 34.8 Å². The lowest BCUT2D eigenvalue weighted by Crippen LogP contribution is -2.28. The molecule has 1 heterocycles. The average Bonchev–Trinajstić information content (AvgIpc) is 3.09. The maximum atomic E-state index is 12.3. The number of amides is 1. The summed E-state index contributed by atoms with van der Waals surface area (Å²) in [6.45, 7) is 4.38. The van der Waals surface area contributed by atoms with Gasteiger partial charge >= 0.3 is 0 Å². The van der Waals surface area contributed by atoms with Crippen molar-refractivity contribution in [1.29, 1.82) is 0 Å². The quantitative estimate of drug-likeness (QED) is 0.600.